The van der Waals surface area contributed by atoms with Gasteiger partial charge in [-0.1, -0.05) is 6.58 Å². The van der Waals surface area contributed by atoms with Crippen LogP contribution in [0.15, 0.2) is 12.2 Å². The highest BCUT2D eigenvalue weighted by atomic mass is 17.5. The highest BCUT2D eigenvalue weighted by Crippen LogP contribution is 1.96. The summed E-state index contributed by atoms with van der Waals surface area (Å²) in [5.74, 6) is -0.831. The van der Waals surface area contributed by atoms with E-state index >= 15 is 0 Å². The Kier molecular flexibility index (Phi) is 5.31. The van der Waals surface area contributed by atoms with Crippen molar-refractivity contribution in [3.8, 4) is 0 Å². The molecular formula is C8H12O6. The zero-order valence-electron chi connectivity index (χ0n) is 8.23. The van der Waals surface area contributed by atoms with E-state index in [0.717, 1.165) is 0 Å². The van der Waals surface area contributed by atoms with Crippen LogP contribution in [0.2, 0.25) is 0 Å². The van der Waals surface area contributed by atoms with Gasteiger partial charge in [-0.05, 0) is 20.8 Å². The second kappa shape index (κ2) is 5.98. The van der Waals surface area contributed by atoms with E-state index in [2.05, 4.69) is 26.1 Å². The minimum atomic E-state index is -1.09. The number of carbonyl (C=O) groups is 2. The largest absolute Gasteiger partial charge is 0.543 e. The molecule has 0 aliphatic carbocycles. The van der Waals surface area contributed by atoms with Gasteiger partial charge in [-0.25, -0.2) is 14.5 Å². The van der Waals surface area contributed by atoms with E-state index in [1.165, 1.54) is 6.92 Å². The molecule has 6 heteroatoms. The number of hydrogen-bond donors (Lipinski definition) is 0. The van der Waals surface area contributed by atoms with Gasteiger partial charge in [0.15, 0.2) is 0 Å². The average Bonchev–Trinajstić information content (AvgIpc) is 2.02. The van der Waals surface area contributed by atoms with Gasteiger partial charge in [-0.15, -0.1) is 0 Å². The number of hydrogen-bond acceptors (Lipinski definition) is 6. The Morgan fingerprint density at radius 2 is 1.79 bits per heavy atom. The molecule has 0 bridgehead atoms. The van der Waals surface area contributed by atoms with Gasteiger partial charge in [0.1, 0.15) is 0 Å². The van der Waals surface area contributed by atoms with E-state index in [1.807, 2.05) is 0 Å². The molecule has 0 saturated heterocycles. The van der Waals surface area contributed by atoms with Crippen molar-refractivity contribution in [3.63, 3.8) is 0 Å². The van der Waals surface area contributed by atoms with Crippen LogP contribution in [-0.2, 0) is 24.3 Å². The van der Waals surface area contributed by atoms with Crippen LogP contribution in [0.1, 0.15) is 20.8 Å². The summed E-state index contributed by atoms with van der Waals surface area (Å²) in [7, 11) is 0. The Labute approximate surface area is 81.2 Å². The van der Waals surface area contributed by atoms with Crippen LogP contribution in [0.4, 0.5) is 4.79 Å². The lowest BCUT2D eigenvalue weighted by atomic mass is 10.4. The summed E-state index contributed by atoms with van der Waals surface area (Å²) in [5.41, 5.74) is 0.117. The van der Waals surface area contributed by atoms with Gasteiger partial charge < -0.3 is 4.74 Å². The molecule has 0 radical (unpaired) electrons. The van der Waals surface area contributed by atoms with Crippen LogP contribution in [0.5, 0.6) is 0 Å². The molecule has 0 amide bonds. The Bertz CT molecular complexity index is 232. The van der Waals surface area contributed by atoms with Crippen molar-refractivity contribution in [1.82, 2.24) is 0 Å². The van der Waals surface area contributed by atoms with Crippen molar-refractivity contribution >= 4 is 12.1 Å². The van der Waals surface area contributed by atoms with Gasteiger partial charge in [-0.3, -0.25) is 4.89 Å². The third-order valence-electron chi connectivity index (χ3n) is 0.892. The fourth-order valence-corrected chi connectivity index (χ4v) is 0.359. The molecule has 0 atom stereocenters. The molecule has 0 saturated carbocycles. The number of ether oxygens (including phenoxy) is 1. The summed E-state index contributed by atoms with van der Waals surface area (Å²) in [6.45, 7) is 7.94. The summed E-state index contributed by atoms with van der Waals surface area (Å²) in [6, 6.07) is 0. The molecule has 0 aromatic carbocycles. The van der Waals surface area contributed by atoms with Crippen molar-refractivity contribution in [1.29, 1.82) is 0 Å². The topological polar surface area (TPSA) is 71.1 Å². The molecule has 0 aliphatic rings. The monoisotopic (exact) mass is 204 g/mol. The first-order chi connectivity index (χ1) is 6.43. The van der Waals surface area contributed by atoms with Crippen molar-refractivity contribution in [2.45, 2.75) is 26.9 Å². The highest BCUT2D eigenvalue weighted by Gasteiger charge is 2.11. The van der Waals surface area contributed by atoms with Crippen molar-refractivity contribution in [2.75, 3.05) is 0 Å². The maximum absolute atomic E-state index is 10.7. The highest BCUT2D eigenvalue weighted by molar-refractivity contribution is 5.86. The molecule has 0 unspecified atom stereocenters. The third-order valence-corrected chi connectivity index (χ3v) is 0.892. The van der Waals surface area contributed by atoms with Crippen LogP contribution in [0.3, 0.4) is 0 Å². The van der Waals surface area contributed by atoms with E-state index in [4.69, 9.17) is 0 Å². The van der Waals surface area contributed by atoms with Gasteiger partial charge >= 0.3 is 12.1 Å². The molecule has 0 aromatic heterocycles. The zero-order valence-corrected chi connectivity index (χ0v) is 8.23. The standard InChI is InChI=1S/C8H12O6/c1-5(2)7(9)12-14-13-8(10)11-6(3)4/h6H,1H2,2-4H3. The van der Waals surface area contributed by atoms with Crippen molar-refractivity contribution in [3.05, 3.63) is 12.2 Å². The Morgan fingerprint density at radius 3 is 2.21 bits per heavy atom. The van der Waals surface area contributed by atoms with Crippen LogP contribution >= 0.6 is 0 Å². The van der Waals surface area contributed by atoms with E-state index < -0.39 is 12.1 Å². The Hall–Kier alpha value is -1.56. The molecule has 0 fully saturated rings. The molecule has 14 heavy (non-hydrogen) atoms. The molecule has 0 N–H and O–H groups in total. The Morgan fingerprint density at radius 1 is 1.21 bits per heavy atom. The summed E-state index contributed by atoms with van der Waals surface area (Å²) in [5, 5.41) is 3.83. The van der Waals surface area contributed by atoms with Crippen LogP contribution in [-0.4, -0.2) is 18.2 Å². The normalized spacial score (nSPS) is 9.43. The second-order valence-electron chi connectivity index (χ2n) is 2.72. The smallest absolute Gasteiger partial charge is 0.430 e. The molecule has 0 spiro atoms. The predicted molar refractivity (Wildman–Crippen MR) is 44.7 cm³/mol. The lowest BCUT2D eigenvalue weighted by molar-refractivity contribution is -0.457. The van der Waals surface area contributed by atoms with Gasteiger partial charge in [-0.2, -0.15) is 0 Å². The van der Waals surface area contributed by atoms with Crippen LogP contribution < -0.4 is 0 Å². The van der Waals surface area contributed by atoms with Crippen LogP contribution in [0.25, 0.3) is 0 Å². The predicted octanol–water partition coefficient (Wildman–Crippen LogP) is 1.51. The summed E-state index contributed by atoms with van der Waals surface area (Å²) < 4.78 is 4.49. The summed E-state index contributed by atoms with van der Waals surface area (Å²) >= 11 is 0. The molecule has 0 aromatic rings. The second-order valence-corrected chi connectivity index (χ2v) is 2.72. The van der Waals surface area contributed by atoms with Crippen molar-refractivity contribution < 1.29 is 29.1 Å². The quantitative estimate of drug-likeness (QED) is 0.299. The molecular weight excluding hydrogens is 192 g/mol. The maximum Gasteiger partial charge on any atom is 0.543 e. The van der Waals surface area contributed by atoms with E-state index in [9.17, 15) is 9.59 Å². The van der Waals surface area contributed by atoms with E-state index in [1.54, 1.807) is 13.8 Å². The Balaban J connectivity index is 3.59. The van der Waals surface area contributed by atoms with E-state index in [-0.39, 0.29) is 11.7 Å². The number of carbonyl (C=O) groups excluding carboxylic acids is 2. The average molecular weight is 204 g/mol. The molecule has 0 heterocycles. The summed E-state index contributed by atoms with van der Waals surface area (Å²) in [4.78, 5) is 29.2. The maximum atomic E-state index is 10.7. The first-order valence-corrected chi connectivity index (χ1v) is 3.85. The lowest BCUT2D eigenvalue weighted by Gasteiger charge is -2.05. The summed E-state index contributed by atoms with van der Waals surface area (Å²) in [6.07, 6.45) is -1.43. The van der Waals surface area contributed by atoms with Gasteiger partial charge in [0.05, 0.1) is 11.1 Å². The molecule has 80 valence electrons. The lowest BCUT2D eigenvalue weighted by Crippen LogP contribution is -2.15. The SMILES string of the molecule is C=C(C)C(=O)OOOC(=O)OC(C)C. The minimum Gasteiger partial charge on any atom is -0.430 e. The van der Waals surface area contributed by atoms with Crippen LogP contribution in [0, 0.1) is 0 Å². The van der Waals surface area contributed by atoms with Gasteiger partial charge in [0, 0.05) is 5.57 Å². The minimum absolute atomic E-state index is 0.117. The third kappa shape index (κ3) is 6.01. The first-order valence-electron chi connectivity index (χ1n) is 3.85. The van der Waals surface area contributed by atoms with Crippen molar-refractivity contribution in [2.24, 2.45) is 0 Å². The fraction of sp³-hybridized carbons (Fsp3) is 0.500. The van der Waals surface area contributed by atoms with Gasteiger partial charge in [0.2, 0.25) is 0 Å². The number of rotatable bonds is 4. The zero-order chi connectivity index (χ0) is 11.1. The van der Waals surface area contributed by atoms with Gasteiger partial charge in [0.25, 0.3) is 0 Å². The van der Waals surface area contributed by atoms with E-state index in [0.29, 0.717) is 0 Å². The fourth-order valence-electron chi connectivity index (χ4n) is 0.359. The molecule has 0 rings (SSSR count). The molecule has 0 aliphatic heterocycles. The first kappa shape index (κ1) is 12.4. The molecule has 6 nitrogen and oxygen atoms in total.